The van der Waals surface area contributed by atoms with Crippen LogP contribution in [0.2, 0.25) is 0 Å². The van der Waals surface area contributed by atoms with Crippen LogP contribution in [0.5, 0.6) is 5.75 Å². The van der Waals surface area contributed by atoms with Crippen LogP contribution in [0, 0.1) is 6.92 Å². The highest BCUT2D eigenvalue weighted by Crippen LogP contribution is 2.23. The Hall–Kier alpha value is -1.51. The van der Waals surface area contributed by atoms with E-state index in [1.807, 2.05) is 13.0 Å². The van der Waals surface area contributed by atoms with Gasteiger partial charge in [-0.05, 0) is 31.0 Å². The van der Waals surface area contributed by atoms with E-state index in [2.05, 4.69) is 0 Å². The van der Waals surface area contributed by atoms with Gasteiger partial charge in [0.05, 0.1) is 0 Å². The quantitative estimate of drug-likeness (QED) is 0.735. The molecule has 0 aromatic heterocycles. The van der Waals surface area contributed by atoms with Crippen molar-refractivity contribution in [3.05, 3.63) is 29.3 Å². The molecule has 0 bridgehead atoms. The Bertz CT molecular complexity index is 344. The maximum atomic E-state index is 10.7. The summed E-state index contributed by atoms with van der Waals surface area (Å²) in [5.74, 6) is -0.0981. The van der Waals surface area contributed by atoms with E-state index in [1.165, 1.54) is 6.92 Å². The van der Waals surface area contributed by atoms with Gasteiger partial charge in [-0.2, -0.15) is 0 Å². The summed E-state index contributed by atoms with van der Waals surface area (Å²) < 4.78 is 4.98. The van der Waals surface area contributed by atoms with E-state index >= 15 is 0 Å². The van der Waals surface area contributed by atoms with Crippen molar-refractivity contribution in [2.45, 2.75) is 26.9 Å². The molecule has 0 aliphatic heterocycles. The average Bonchev–Trinajstić information content (AvgIpc) is 2.08. The fourth-order valence-electron chi connectivity index (χ4n) is 1.20. The summed E-state index contributed by atoms with van der Waals surface area (Å²) in [6, 6.07) is 5.25. The molecule has 3 nitrogen and oxygen atoms in total. The van der Waals surface area contributed by atoms with Crippen LogP contribution < -0.4 is 0 Å². The first-order chi connectivity index (χ1) is 6.50. The summed E-state index contributed by atoms with van der Waals surface area (Å²) in [5.41, 5.74) is 1.60. The topological polar surface area (TPSA) is 46.5 Å². The lowest BCUT2D eigenvalue weighted by Gasteiger charge is -2.12. The van der Waals surface area contributed by atoms with Crippen molar-refractivity contribution >= 4 is 5.97 Å². The largest absolute Gasteiger partial charge is 0.508 e. The predicted molar refractivity (Wildman–Crippen MR) is 53.0 cm³/mol. The first-order valence-corrected chi connectivity index (χ1v) is 4.47. The third-order valence-corrected chi connectivity index (χ3v) is 2.05. The van der Waals surface area contributed by atoms with Crippen LogP contribution in [0.4, 0.5) is 0 Å². The van der Waals surface area contributed by atoms with E-state index in [9.17, 15) is 9.90 Å². The molecule has 0 saturated heterocycles. The Morgan fingerprint density at radius 2 is 2.14 bits per heavy atom. The normalized spacial score (nSPS) is 12.2. The molecule has 76 valence electrons. The fourth-order valence-corrected chi connectivity index (χ4v) is 1.20. The summed E-state index contributed by atoms with van der Waals surface area (Å²) in [7, 11) is 0. The van der Waals surface area contributed by atoms with E-state index in [-0.39, 0.29) is 17.8 Å². The number of hydrogen-bond acceptors (Lipinski definition) is 3. The summed E-state index contributed by atoms with van der Waals surface area (Å²) >= 11 is 0. The van der Waals surface area contributed by atoms with Crippen LogP contribution in [0.1, 0.15) is 31.1 Å². The van der Waals surface area contributed by atoms with Crippen LogP contribution >= 0.6 is 0 Å². The van der Waals surface area contributed by atoms with E-state index in [0.717, 1.165) is 11.1 Å². The number of benzene rings is 1. The van der Waals surface area contributed by atoms with E-state index in [0.29, 0.717) is 0 Å². The minimum atomic E-state index is -0.322. The number of phenols is 1. The molecule has 1 aromatic carbocycles. The Kier molecular flexibility index (Phi) is 3.12. The molecular weight excluding hydrogens is 180 g/mol. The zero-order valence-corrected chi connectivity index (χ0v) is 8.57. The van der Waals surface area contributed by atoms with Crippen LogP contribution in [-0.2, 0) is 9.53 Å². The Labute approximate surface area is 83.3 Å². The van der Waals surface area contributed by atoms with Crippen LogP contribution in [0.3, 0.4) is 0 Å². The lowest BCUT2D eigenvalue weighted by molar-refractivity contribution is -0.145. The SMILES string of the molecule is CC(=O)OC(C)c1ccc(C)c(O)c1. The molecule has 0 saturated carbocycles. The highest BCUT2D eigenvalue weighted by molar-refractivity contribution is 5.66. The molecule has 0 fully saturated rings. The molecule has 14 heavy (non-hydrogen) atoms. The molecule has 3 heteroatoms. The summed E-state index contributed by atoms with van der Waals surface area (Å²) in [4.78, 5) is 10.7. The van der Waals surface area contributed by atoms with Gasteiger partial charge in [-0.3, -0.25) is 4.79 Å². The second-order valence-electron chi connectivity index (χ2n) is 3.30. The molecular formula is C11H14O3. The molecule has 1 aromatic rings. The van der Waals surface area contributed by atoms with Gasteiger partial charge >= 0.3 is 5.97 Å². The van der Waals surface area contributed by atoms with Crippen molar-refractivity contribution in [1.29, 1.82) is 0 Å². The van der Waals surface area contributed by atoms with E-state index in [4.69, 9.17) is 4.74 Å². The van der Waals surface area contributed by atoms with Crippen molar-refractivity contribution in [3.63, 3.8) is 0 Å². The van der Waals surface area contributed by atoms with Crippen LogP contribution in [0.15, 0.2) is 18.2 Å². The number of rotatable bonds is 2. The van der Waals surface area contributed by atoms with Gasteiger partial charge in [-0.25, -0.2) is 0 Å². The van der Waals surface area contributed by atoms with Crippen molar-refractivity contribution in [2.24, 2.45) is 0 Å². The number of phenolic OH excluding ortho intramolecular Hbond substituents is 1. The van der Waals surface area contributed by atoms with Crippen molar-refractivity contribution in [3.8, 4) is 5.75 Å². The van der Waals surface area contributed by atoms with Gasteiger partial charge in [-0.1, -0.05) is 12.1 Å². The van der Waals surface area contributed by atoms with Gasteiger partial charge in [0.15, 0.2) is 0 Å². The molecule has 1 rings (SSSR count). The Morgan fingerprint density at radius 3 is 2.64 bits per heavy atom. The number of ether oxygens (including phenoxy) is 1. The molecule has 1 unspecified atom stereocenters. The summed E-state index contributed by atoms with van der Waals surface area (Å²) in [6.07, 6.45) is -0.320. The first-order valence-electron chi connectivity index (χ1n) is 4.47. The minimum absolute atomic E-state index is 0.224. The molecule has 0 aliphatic carbocycles. The Morgan fingerprint density at radius 1 is 1.50 bits per heavy atom. The molecule has 1 atom stereocenters. The van der Waals surface area contributed by atoms with Crippen molar-refractivity contribution in [2.75, 3.05) is 0 Å². The molecule has 0 aliphatic rings. The summed E-state index contributed by atoms with van der Waals surface area (Å²) in [6.45, 7) is 4.95. The lowest BCUT2D eigenvalue weighted by Crippen LogP contribution is -2.04. The van der Waals surface area contributed by atoms with Gasteiger partial charge in [-0.15, -0.1) is 0 Å². The number of carbonyl (C=O) groups excluding carboxylic acids is 1. The van der Waals surface area contributed by atoms with Crippen molar-refractivity contribution in [1.82, 2.24) is 0 Å². The highest BCUT2D eigenvalue weighted by Gasteiger charge is 2.09. The maximum Gasteiger partial charge on any atom is 0.303 e. The monoisotopic (exact) mass is 194 g/mol. The molecule has 0 amide bonds. The number of hydrogen-bond donors (Lipinski definition) is 1. The zero-order valence-electron chi connectivity index (χ0n) is 8.57. The van der Waals surface area contributed by atoms with Gasteiger partial charge in [0.2, 0.25) is 0 Å². The number of aryl methyl sites for hydroxylation is 1. The zero-order chi connectivity index (χ0) is 10.7. The van der Waals surface area contributed by atoms with E-state index in [1.54, 1.807) is 19.1 Å². The number of carbonyl (C=O) groups is 1. The number of aromatic hydroxyl groups is 1. The van der Waals surface area contributed by atoms with Gasteiger partial charge in [0.25, 0.3) is 0 Å². The van der Waals surface area contributed by atoms with Crippen LogP contribution in [0.25, 0.3) is 0 Å². The third kappa shape index (κ3) is 2.49. The van der Waals surface area contributed by atoms with E-state index < -0.39 is 0 Å². The van der Waals surface area contributed by atoms with Gasteiger partial charge in [0, 0.05) is 6.92 Å². The standard InChI is InChI=1S/C11H14O3/c1-7-4-5-10(6-11(7)13)8(2)14-9(3)12/h4-6,8,13H,1-3H3. The first kappa shape index (κ1) is 10.6. The maximum absolute atomic E-state index is 10.7. The molecule has 0 spiro atoms. The van der Waals surface area contributed by atoms with Gasteiger partial charge in [0.1, 0.15) is 11.9 Å². The average molecular weight is 194 g/mol. The smallest absolute Gasteiger partial charge is 0.303 e. The molecule has 0 heterocycles. The fraction of sp³-hybridized carbons (Fsp3) is 0.364. The number of esters is 1. The predicted octanol–water partition coefficient (Wildman–Crippen LogP) is 2.32. The molecule has 1 N–H and O–H groups in total. The second-order valence-corrected chi connectivity index (χ2v) is 3.30. The van der Waals surface area contributed by atoms with Crippen LogP contribution in [-0.4, -0.2) is 11.1 Å². The highest BCUT2D eigenvalue weighted by atomic mass is 16.5. The van der Waals surface area contributed by atoms with Gasteiger partial charge < -0.3 is 9.84 Å². The van der Waals surface area contributed by atoms with Crippen molar-refractivity contribution < 1.29 is 14.6 Å². The lowest BCUT2D eigenvalue weighted by atomic mass is 10.1. The second kappa shape index (κ2) is 4.13. The summed E-state index contributed by atoms with van der Waals surface area (Å²) in [5, 5.41) is 9.44. The minimum Gasteiger partial charge on any atom is -0.508 e. The Balaban J connectivity index is 2.85. The molecule has 0 radical (unpaired) electrons. The third-order valence-electron chi connectivity index (χ3n) is 2.05.